The lowest BCUT2D eigenvalue weighted by molar-refractivity contribution is -0.148. The predicted molar refractivity (Wildman–Crippen MR) is 81.7 cm³/mol. The van der Waals surface area contributed by atoms with E-state index in [9.17, 15) is 19.1 Å². The van der Waals surface area contributed by atoms with E-state index in [0.29, 0.717) is 29.9 Å². The first kappa shape index (κ1) is 16.6. The maximum Gasteiger partial charge on any atom is 0.329 e. The molecule has 1 aliphatic rings. The van der Waals surface area contributed by atoms with Crippen LogP contribution in [0.1, 0.15) is 18.4 Å². The van der Waals surface area contributed by atoms with E-state index in [1.54, 1.807) is 17.8 Å². The van der Waals surface area contributed by atoms with Crippen LogP contribution in [-0.2, 0) is 16.0 Å². The molecule has 1 aromatic carbocycles. The zero-order chi connectivity index (χ0) is 16.2. The Morgan fingerprint density at radius 1 is 1.41 bits per heavy atom. The van der Waals surface area contributed by atoms with E-state index >= 15 is 0 Å². The summed E-state index contributed by atoms with van der Waals surface area (Å²) in [4.78, 5) is 23.6. The van der Waals surface area contributed by atoms with Crippen molar-refractivity contribution < 1.29 is 23.8 Å². The molecule has 22 heavy (non-hydrogen) atoms. The zero-order valence-electron chi connectivity index (χ0n) is 12.2. The molecule has 0 aliphatic carbocycles. The Morgan fingerprint density at radius 2 is 2.09 bits per heavy atom. The van der Waals surface area contributed by atoms with Crippen molar-refractivity contribution in [1.29, 1.82) is 0 Å². The third-order valence-electron chi connectivity index (χ3n) is 3.72. The Balaban J connectivity index is 2.05. The Morgan fingerprint density at radius 3 is 2.64 bits per heavy atom. The lowest BCUT2D eigenvalue weighted by Crippen LogP contribution is -2.56. The van der Waals surface area contributed by atoms with Crippen molar-refractivity contribution in [3.63, 3.8) is 0 Å². The lowest BCUT2D eigenvalue weighted by Gasteiger charge is -2.33. The molecule has 120 valence electrons. The summed E-state index contributed by atoms with van der Waals surface area (Å²) in [5.41, 5.74) is -0.727. The fraction of sp³-hybridized carbons (Fsp3) is 0.467. The van der Waals surface area contributed by atoms with Crippen LogP contribution in [-0.4, -0.2) is 41.1 Å². The van der Waals surface area contributed by atoms with Crippen LogP contribution in [0.3, 0.4) is 0 Å². The number of halogens is 1. The Kier molecular flexibility index (Phi) is 5.28. The number of rotatable bonds is 5. The molecule has 5 nitrogen and oxygen atoms in total. The summed E-state index contributed by atoms with van der Waals surface area (Å²) in [5.74, 6) is -0.473. The molecule has 0 radical (unpaired) electrons. The van der Waals surface area contributed by atoms with Gasteiger partial charge in [0.15, 0.2) is 11.6 Å². The Labute approximate surface area is 132 Å². The standard InChI is InChI=1S/C15H18FNO4S/c1-21-12-3-2-10(8-11(12)16)9-13(18)17-15(14(19)20)4-6-22-7-5-15/h2-3,8H,4-7,9H2,1H3,(H,17,18)(H,19,20). The maximum absolute atomic E-state index is 13.6. The van der Waals surface area contributed by atoms with Gasteiger partial charge >= 0.3 is 5.97 Å². The van der Waals surface area contributed by atoms with Crippen molar-refractivity contribution in [3.05, 3.63) is 29.6 Å². The van der Waals surface area contributed by atoms with E-state index in [1.807, 2.05) is 0 Å². The smallest absolute Gasteiger partial charge is 0.329 e. The van der Waals surface area contributed by atoms with Crippen LogP contribution < -0.4 is 10.1 Å². The number of benzene rings is 1. The number of ether oxygens (including phenoxy) is 1. The molecule has 7 heteroatoms. The predicted octanol–water partition coefficient (Wildman–Crippen LogP) is 1.84. The number of methoxy groups -OCH3 is 1. The fourth-order valence-corrected chi connectivity index (χ4v) is 3.62. The number of thioether (sulfide) groups is 1. The van der Waals surface area contributed by atoms with Crippen LogP contribution in [0.5, 0.6) is 5.75 Å². The van der Waals surface area contributed by atoms with Gasteiger partial charge in [-0.1, -0.05) is 6.07 Å². The average Bonchev–Trinajstić information content (AvgIpc) is 2.48. The molecule has 0 atom stereocenters. The lowest BCUT2D eigenvalue weighted by atomic mass is 9.92. The Bertz CT molecular complexity index is 573. The number of hydrogen-bond acceptors (Lipinski definition) is 4. The number of aliphatic carboxylic acids is 1. The SMILES string of the molecule is COc1ccc(CC(=O)NC2(C(=O)O)CCSCC2)cc1F. The first-order chi connectivity index (χ1) is 10.5. The van der Waals surface area contributed by atoms with Gasteiger partial charge in [0.05, 0.1) is 13.5 Å². The van der Waals surface area contributed by atoms with Crippen LogP contribution >= 0.6 is 11.8 Å². The summed E-state index contributed by atoms with van der Waals surface area (Å²) >= 11 is 1.67. The van der Waals surface area contributed by atoms with E-state index in [0.717, 1.165) is 0 Å². The number of carboxylic acid groups (broad SMARTS) is 1. The molecular formula is C15H18FNO4S. The summed E-state index contributed by atoms with van der Waals surface area (Å²) in [5, 5.41) is 12.0. The molecular weight excluding hydrogens is 309 g/mol. The number of nitrogens with one attached hydrogen (secondary N) is 1. The van der Waals surface area contributed by atoms with Gasteiger partial charge in [0.25, 0.3) is 0 Å². The quantitative estimate of drug-likeness (QED) is 0.863. The van der Waals surface area contributed by atoms with E-state index in [-0.39, 0.29) is 12.2 Å². The molecule has 1 saturated heterocycles. The molecule has 1 aromatic rings. The summed E-state index contributed by atoms with van der Waals surface area (Å²) in [6.07, 6.45) is 0.731. The molecule has 1 heterocycles. The molecule has 0 saturated carbocycles. The third kappa shape index (κ3) is 3.71. The van der Waals surface area contributed by atoms with Gasteiger partial charge in [-0.25, -0.2) is 9.18 Å². The highest BCUT2D eigenvalue weighted by molar-refractivity contribution is 7.99. The number of hydrogen-bond donors (Lipinski definition) is 2. The minimum Gasteiger partial charge on any atom is -0.494 e. The van der Waals surface area contributed by atoms with E-state index in [1.165, 1.54) is 19.2 Å². The highest BCUT2D eigenvalue weighted by atomic mass is 32.2. The molecule has 1 aliphatic heterocycles. The van der Waals surface area contributed by atoms with Gasteiger partial charge in [0.2, 0.25) is 5.91 Å². The minimum atomic E-state index is -1.20. The van der Waals surface area contributed by atoms with Crippen LogP contribution in [0.25, 0.3) is 0 Å². The van der Waals surface area contributed by atoms with Crippen molar-refractivity contribution in [2.45, 2.75) is 24.8 Å². The summed E-state index contributed by atoms with van der Waals surface area (Å²) in [6, 6.07) is 4.26. The summed E-state index contributed by atoms with van der Waals surface area (Å²) in [6.45, 7) is 0. The zero-order valence-corrected chi connectivity index (χ0v) is 13.0. The van der Waals surface area contributed by atoms with Gasteiger partial charge < -0.3 is 15.2 Å². The van der Waals surface area contributed by atoms with Crippen LogP contribution in [0.15, 0.2) is 18.2 Å². The monoisotopic (exact) mass is 327 g/mol. The van der Waals surface area contributed by atoms with Crippen LogP contribution in [0, 0.1) is 5.82 Å². The third-order valence-corrected chi connectivity index (χ3v) is 4.70. The Hall–Kier alpha value is -1.76. The molecule has 0 aromatic heterocycles. The van der Waals surface area contributed by atoms with Gasteiger partial charge in [-0.2, -0.15) is 11.8 Å². The van der Waals surface area contributed by atoms with Crippen molar-refractivity contribution in [1.82, 2.24) is 5.32 Å². The highest BCUT2D eigenvalue weighted by Gasteiger charge is 2.41. The molecule has 0 spiro atoms. The van der Waals surface area contributed by atoms with Crippen molar-refractivity contribution >= 4 is 23.6 Å². The number of carbonyl (C=O) groups is 2. The largest absolute Gasteiger partial charge is 0.494 e. The minimum absolute atomic E-state index is 0.0664. The van der Waals surface area contributed by atoms with E-state index in [2.05, 4.69) is 5.32 Å². The first-order valence-electron chi connectivity index (χ1n) is 6.91. The molecule has 2 N–H and O–H groups in total. The van der Waals surface area contributed by atoms with Crippen LogP contribution in [0.4, 0.5) is 4.39 Å². The van der Waals surface area contributed by atoms with Crippen molar-refractivity contribution in [2.75, 3.05) is 18.6 Å². The topological polar surface area (TPSA) is 75.6 Å². The second kappa shape index (κ2) is 7.00. The second-order valence-corrected chi connectivity index (χ2v) is 6.42. The second-order valence-electron chi connectivity index (χ2n) is 5.19. The van der Waals surface area contributed by atoms with Gasteiger partial charge in [0, 0.05) is 0 Å². The van der Waals surface area contributed by atoms with Gasteiger partial charge in [-0.3, -0.25) is 4.79 Å². The summed E-state index contributed by atoms with van der Waals surface area (Å²) in [7, 11) is 1.36. The average molecular weight is 327 g/mol. The van der Waals surface area contributed by atoms with Gasteiger partial charge in [0.1, 0.15) is 5.54 Å². The first-order valence-corrected chi connectivity index (χ1v) is 8.07. The summed E-state index contributed by atoms with van der Waals surface area (Å²) < 4.78 is 18.4. The van der Waals surface area contributed by atoms with E-state index < -0.39 is 23.2 Å². The van der Waals surface area contributed by atoms with Crippen molar-refractivity contribution in [2.24, 2.45) is 0 Å². The maximum atomic E-state index is 13.6. The number of amides is 1. The van der Waals surface area contributed by atoms with Crippen LogP contribution in [0.2, 0.25) is 0 Å². The van der Waals surface area contributed by atoms with Gasteiger partial charge in [-0.05, 0) is 42.0 Å². The van der Waals surface area contributed by atoms with Crippen molar-refractivity contribution in [3.8, 4) is 5.75 Å². The molecule has 1 amide bonds. The molecule has 2 rings (SSSR count). The normalized spacial score (nSPS) is 16.8. The van der Waals surface area contributed by atoms with E-state index in [4.69, 9.17) is 4.74 Å². The number of carboxylic acids is 1. The molecule has 0 unspecified atom stereocenters. The molecule has 1 fully saturated rings. The molecule has 0 bridgehead atoms. The fourth-order valence-electron chi connectivity index (χ4n) is 2.43. The highest BCUT2D eigenvalue weighted by Crippen LogP contribution is 2.27. The number of carbonyl (C=O) groups excluding carboxylic acids is 1. The van der Waals surface area contributed by atoms with Gasteiger partial charge in [-0.15, -0.1) is 0 Å².